The SMILES string of the molecule is CCOC(=O)c1c[nH]c2c(OC)cc(C)cc2c1=O. The molecule has 0 saturated carbocycles. The van der Waals surface area contributed by atoms with E-state index < -0.39 is 5.97 Å². The van der Waals surface area contributed by atoms with Crippen LogP contribution in [0.4, 0.5) is 0 Å². The summed E-state index contributed by atoms with van der Waals surface area (Å²) in [5, 5.41) is 0.419. The Labute approximate surface area is 110 Å². The van der Waals surface area contributed by atoms with E-state index in [2.05, 4.69) is 4.98 Å². The molecule has 0 fully saturated rings. The highest BCUT2D eigenvalue weighted by Crippen LogP contribution is 2.23. The number of benzene rings is 1. The Hall–Kier alpha value is -2.30. The van der Waals surface area contributed by atoms with Crippen LogP contribution < -0.4 is 10.2 Å². The standard InChI is InChI=1S/C14H15NO4/c1-4-19-14(17)10-7-15-12-9(13(10)16)5-8(2)6-11(12)18-3/h5-7H,4H2,1-3H3,(H,15,16). The summed E-state index contributed by atoms with van der Waals surface area (Å²) in [5.74, 6) is -0.0476. The van der Waals surface area contributed by atoms with Crippen molar-refractivity contribution in [2.24, 2.45) is 0 Å². The van der Waals surface area contributed by atoms with Gasteiger partial charge >= 0.3 is 5.97 Å². The summed E-state index contributed by atoms with van der Waals surface area (Å²) in [4.78, 5) is 26.9. The lowest BCUT2D eigenvalue weighted by atomic mass is 10.1. The van der Waals surface area contributed by atoms with E-state index >= 15 is 0 Å². The minimum absolute atomic E-state index is 0.00185. The molecule has 2 aromatic rings. The molecule has 1 heterocycles. The number of nitrogens with one attached hydrogen (secondary N) is 1. The van der Waals surface area contributed by atoms with E-state index in [-0.39, 0.29) is 17.6 Å². The maximum Gasteiger partial charge on any atom is 0.343 e. The van der Waals surface area contributed by atoms with Gasteiger partial charge in [-0.15, -0.1) is 0 Å². The first-order valence-corrected chi connectivity index (χ1v) is 5.95. The Morgan fingerprint density at radius 3 is 2.74 bits per heavy atom. The van der Waals surface area contributed by atoms with E-state index in [0.717, 1.165) is 5.56 Å². The number of methoxy groups -OCH3 is 1. The summed E-state index contributed by atoms with van der Waals surface area (Å²) in [5.41, 5.74) is 1.11. The van der Waals surface area contributed by atoms with Gasteiger partial charge in [-0.2, -0.15) is 0 Å². The highest BCUT2D eigenvalue weighted by molar-refractivity contribution is 5.95. The molecule has 0 radical (unpaired) electrons. The molecule has 1 aromatic carbocycles. The number of ether oxygens (including phenoxy) is 2. The van der Waals surface area contributed by atoms with Crippen molar-refractivity contribution in [3.05, 3.63) is 39.7 Å². The number of carbonyl (C=O) groups excluding carboxylic acids is 1. The van der Waals surface area contributed by atoms with Gasteiger partial charge in [-0.25, -0.2) is 4.79 Å². The number of aromatic amines is 1. The summed E-state index contributed by atoms with van der Waals surface area (Å²) in [6.07, 6.45) is 1.36. The minimum Gasteiger partial charge on any atom is -0.495 e. The number of fused-ring (bicyclic) bond motifs is 1. The molecule has 0 amide bonds. The summed E-state index contributed by atoms with van der Waals surface area (Å²) >= 11 is 0. The second-order valence-corrected chi connectivity index (χ2v) is 4.14. The van der Waals surface area contributed by atoms with Gasteiger partial charge in [0.2, 0.25) is 5.43 Å². The molecule has 0 aliphatic carbocycles. The second-order valence-electron chi connectivity index (χ2n) is 4.14. The van der Waals surface area contributed by atoms with Gasteiger partial charge in [-0.05, 0) is 31.5 Å². The predicted molar refractivity (Wildman–Crippen MR) is 71.8 cm³/mol. The predicted octanol–water partition coefficient (Wildman–Crippen LogP) is 2.02. The molecule has 0 spiro atoms. The average molecular weight is 261 g/mol. The zero-order valence-electron chi connectivity index (χ0n) is 11.1. The van der Waals surface area contributed by atoms with Gasteiger partial charge in [0, 0.05) is 6.20 Å². The van der Waals surface area contributed by atoms with Crippen LogP contribution in [0.25, 0.3) is 10.9 Å². The maximum absolute atomic E-state index is 12.3. The molecular formula is C14H15NO4. The van der Waals surface area contributed by atoms with Crippen molar-refractivity contribution in [3.8, 4) is 5.75 Å². The highest BCUT2D eigenvalue weighted by Gasteiger charge is 2.15. The summed E-state index contributed by atoms with van der Waals surface area (Å²) < 4.78 is 10.1. The number of rotatable bonds is 3. The van der Waals surface area contributed by atoms with Gasteiger partial charge in [0.1, 0.15) is 11.3 Å². The van der Waals surface area contributed by atoms with E-state index in [0.29, 0.717) is 16.7 Å². The van der Waals surface area contributed by atoms with Crippen molar-refractivity contribution in [1.29, 1.82) is 0 Å². The van der Waals surface area contributed by atoms with E-state index in [4.69, 9.17) is 9.47 Å². The van der Waals surface area contributed by atoms with Crippen molar-refractivity contribution in [1.82, 2.24) is 4.98 Å². The molecule has 5 nitrogen and oxygen atoms in total. The highest BCUT2D eigenvalue weighted by atomic mass is 16.5. The van der Waals surface area contributed by atoms with Gasteiger partial charge in [0.25, 0.3) is 0 Å². The number of aryl methyl sites for hydroxylation is 1. The van der Waals surface area contributed by atoms with Crippen molar-refractivity contribution in [3.63, 3.8) is 0 Å². The molecule has 1 N–H and O–H groups in total. The molecule has 2 rings (SSSR count). The first-order valence-electron chi connectivity index (χ1n) is 5.95. The number of aromatic nitrogens is 1. The smallest absolute Gasteiger partial charge is 0.343 e. The Bertz CT molecular complexity index is 688. The van der Waals surface area contributed by atoms with Crippen molar-refractivity contribution in [2.75, 3.05) is 13.7 Å². The summed E-state index contributed by atoms with van der Waals surface area (Å²) in [6.45, 7) is 3.78. The fourth-order valence-corrected chi connectivity index (χ4v) is 1.96. The molecule has 0 atom stereocenters. The van der Waals surface area contributed by atoms with Crippen LogP contribution in [-0.2, 0) is 4.74 Å². The molecule has 0 aliphatic rings. The fraction of sp³-hybridized carbons (Fsp3) is 0.286. The third kappa shape index (κ3) is 2.31. The normalized spacial score (nSPS) is 10.5. The van der Waals surface area contributed by atoms with Crippen LogP contribution in [0.5, 0.6) is 5.75 Å². The third-order valence-corrected chi connectivity index (χ3v) is 2.81. The number of carbonyl (C=O) groups is 1. The monoisotopic (exact) mass is 261 g/mol. The number of hydrogen-bond donors (Lipinski definition) is 1. The van der Waals surface area contributed by atoms with E-state index in [9.17, 15) is 9.59 Å². The Balaban J connectivity index is 2.72. The molecule has 5 heteroatoms. The lowest BCUT2D eigenvalue weighted by molar-refractivity contribution is 0.0524. The van der Waals surface area contributed by atoms with Crippen LogP contribution in [0.3, 0.4) is 0 Å². The zero-order chi connectivity index (χ0) is 14.0. The average Bonchev–Trinajstić information content (AvgIpc) is 2.39. The first-order chi connectivity index (χ1) is 9.08. The van der Waals surface area contributed by atoms with Crippen LogP contribution in [0.15, 0.2) is 23.1 Å². The summed E-state index contributed by atoms with van der Waals surface area (Å²) in [7, 11) is 1.53. The Morgan fingerprint density at radius 2 is 2.11 bits per heavy atom. The zero-order valence-corrected chi connectivity index (χ0v) is 11.1. The molecule has 19 heavy (non-hydrogen) atoms. The van der Waals surface area contributed by atoms with Gasteiger partial charge < -0.3 is 14.5 Å². The number of esters is 1. The van der Waals surface area contributed by atoms with Gasteiger partial charge in [0.05, 0.1) is 24.6 Å². The van der Waals surface area contributed by atoms with Crippen LogP contribution in [0.1, 0.15) is 22.8 Å². The van der Waals surface area contributed by atoms with Crippen LogP contribution in [0.2, 0.25) is 0 Å². The van der Waals surface area contributed by atoms with Crippen LogP contribution in [0, 0.1) is 6.92 Å². The number of H-pyrrole nitrogens is 1. The molecule has 100 valence electrons. The molecule has 0 aliphatic heterocycles. The summed E-state index contributed by atoms with van der Waals surface area (Å²) in [6, 6.07) is 3.54. The van der Waals surface area contributed by atoms with Crippen molar-refractivity contribution in [2.45, 2.75) is 13.8 Å². The second kappa shape index (κ2) is 5.14. The van der Waals surface area contributed by atoms with Gasteiger partial charge in [0.15, 0.2) is 0 Å². The van der Waals surface area contributed by atoms with E-state index in [1.54, 1.807) is 13.0 Å². The van der Waals surface area contributed by atoms with E-state index in [1.807, 2.05) is 13.0 Å². The van der Waals surface area contributed by atoms with Crippen LogP contribution in [-0.4, -0.2) is 24.7 Å². The van der Waals surface area contributed by atoms with Crippen molar-refractivity contribution < 1.29 is 14.3 Å². The minimum atomic E-state index is -0.619. The maximum atomic E-state index is 12.3. The fourth-order valence-electron chi connectivity index (χ4n) is 1.96. The van der Waals surface area contributed by atoms with Gasteiger partial charge in [-0.1, -0.05) is 0 Å². The molecular weight excluding hydrogens is 246 g/mol. The molecule has 1 aromatic heterocycles. The largest absolute Gasteiger partial charge is 0.495 e. The third-order valence-electron chi connectivity index (χ3n) is 2.81. The Kier molecular flexibility index (Phi) is 3.55. The number of hydrogen-bond acceptors (Lipinski definition) is 4. The van der Waals surface area contributed by atoms with Crippen molar-refractivity contribution >= 4 is 16.9 Å². The quantitative estimate of drug-likeness (QED) is 0.858. The molecule has 0 unspecified atom stereocenters. The Morgan fingerprint density at radius 1 is 1.37 bits per heavy atom. The molecule has 0 bridgehead atoms. The van der Waals surface area contributed by atoms with E-state index in [1.165, 1.54) is 13.3 Å². The molecule has 0 saturated heterocycles. The first kappa shape index (κ1) is 13.1. The van der Waals surface area contributed by atoms with Gasteiger partial charge in [-0.3, -0.25) is 4.79 Å². The number of pyridine rings is 1. The topological polar surface area (TPSA) is 68.4 Å². The lowest BCUT2D eigenvalue weighted by Crippen LogP contribution is -2.18. The van der Waals surface area contributed by atoms with Crippen LogP contribution >= 0.6 is 0 Å². The lowest BCUT2D eigenvalue weighted by Gasteiger charge is -2.08.